The van der Waals surface area contributed by atoms with Gasteiger partial charge in [-0.15, -0.1) is 12.4 Å². The highest BCUT2D eigenvalue weighted by Crippen LogP contribution is 2.21. The first-order chi connectivity index (χ1) is 11.8. The van der Waals surface area contributed by atoms with Crippen LogP contribution in [0.1, 0.15) is 26.3 Å². The van der Waals surface area contributed by atoms with Gasteiger partial charge in [0, 0.05) is 17.4 Å². The van der Waals surface area contributed by atoms with Crippen LogP contribution in [0.15, 0.2) is 54.6 Å². The maximum absolute atomic E-state index is 12.5. The summed E-state index contributed by atoms with van der Waals surface area (Å²) in [5.41, 5.74) is 7.02. The lowest BCUT2D eigenvalue weighted by Crippen LogP contribution is -2.45. The molecule has 0 spiro atoms. The molecule has 0 radical (unpaired) electrons. The van der Waals surface area contributed by atoms with Crippen LogP contribution in [0.4, 0.5) is 16.2 Å². The first-order valence-electron chi connectivity index (χ1n) is 8.12. The number of nitrogens with one attached hydrogen (secondary N) is 3. The Bertz CT molecular complexity index is 731. The van der Waals surface area contributed by atoms with Crippen molar-refractivity contribution in [3.05, 3.63) is 60.2 Å². The van der Waals surface area contributed by atoms with Gasteiger partial charge >= 0.3 is 6.03 Å². The van der Waals surface area contributed by atoms with E-state index in [0.717, 1.165) is 5.56 Å². The second-order valence-corrected chi connectivity index (χ2v) is 6.35. The third kappa shape index (κ3) is 5.75. The largest absolute Gasteiger partial charge is 0.336 e. The van der Waals surface area contributed by atoms with Gasteiger partial charge in [0.2, 0.25) is 5.91 Å². The maximum Gasteiger partial charge on any atom is 0.319 e. The highest BCUT2D eigenvalue weighted by Gasteiger charge is 2.30. The van der Waals surface area contributed by atoms with Crippen molar-refractivity contribution in [3.63, 3.8) is 0 Å². The fourth-order valence-corrected chi connectivity index (χ4v) is 2.24. The zero-order valence-electron chi connectivity index (χ0n) is 15.1. The molecule has 0 heterocycles. The average Bonchev–Trinajstić information content (AvgIpc) is 2.56. The van der Waals surface area contributed by atoms with Crippen molar-refractivity contribution in [2.45, 2.75) is 32.4 Å². The normalized spacial score (nSPS) is 12.5. The summed E-state index contributed by atoms with van der Waals surface area (Å²) in [5, 5.41) is 8.26. The van der Waals surface area contributed by atoms with Crippen LogP contribution in [0.2, 0.25) is 0 Å². The Kier molecular flexibility index (Phi) is 7.61. The van der Waals surface area contributed by atoms with E-state index in [9.17, 15) is 9.59 Å². The lowest BCUT2D eigenvalue weighted by molar-refractivity contribution is -0.120. The van der Waals surface area contributed by atoms with Crippen LogP contribution in [0.5, 0.6) is 0 Å². The van der Waals surface area contributed by atoms with Crippen molar-refractivity contribution < 1.29 is 9.59 Å². The Morgan fingerprint density at radius 2 is 1.42 bits per heavy atom. The molecule has 0 saturated carbocycles. The molecule has 0 saturated heterocycles. The molecule has 0 bridgehead atoms. The number of carbonyl (C=O) groups excluding carboxylic acids is 2. The Labute approximate surface area is 160 Å². The summed E-state index contributed by atoms with van der Waals surface area (Å²) in [4.78, 5) is 24.2. The van der Waals surface area contributed by atoms with Crippen LogP contribution in [-0.2, 0) is 10.3 Å². The third-order valence-electron chi connectivity index (χ3n) is 3.67. The summed E-state index contributed by atoms with van der Waals surface area (Å²) >= 11 is 0. The minimum atomic E-state index is -1.14. The molecular formula is C19H25ClN4O2. The summed E-state index contributed by atoms with van der Waals surface area (Å²) in [5.74, 6) is -0.308. The molecular weight excluding hydrogens is 352 g/mol. The second-order valence-electron chi connectivity index (χ2n) is 6.35. The van der Waals surface area contributed by atoms with Gasteiger partial charge < -0.3 is 21.7 Å². The van der Waals surface area contributed by atoms with Gasteiger partial charge in [-0.25, -0.2) is 4.79 Å². The lowest BCUT2D eigenvalue weighted by atomic mass is 9.92. The van der Waals surface area contributed by atoms with E-state index in [1.54, 1.807) is 31.2 Å². The number of carbonyl (C=O) groups is 2. The van der Waals surface area contributed by atoms with Crippen LogP contribution in [0.3, 0.4) is 0 Å². The van der Waals surface area contributed by atoms with Crippen LogP contribution in [0, 0.1) is 0 Å². The molecule has 5 N–H and O–H groups in total. The molecule has 1 unspecified atom stereocenters. The SMILES string of the molecule is CC(C)NC(=O)Nc1ccc(NC(=O)C(C)(N)c2ccccc2)cc1.Cl. The van der Waals surface area contributed by atoms with Crippen molar-refractivity contribution in [1.29, 1.82) is 0 Å². The number of anilines is 2. The van der Waals surface area contributed by atoms with Crippen molar-refractivity contribution in [2.75, 3.05) is 10.6 Å². The van der Waals surface area contributed by atoms with Crippen LogP contribution >= 0.6 is 12.4 Å². The number of rotatable bonds is 5. The van der Waals surface area contributed by atoms with E-state index < -0.39 is 5.54 Å². The van der Waals surface area contributed by atoms with Crippen molar-refractivity contribution >= 4 is 35.7 Å². The second kappa shape index (κ2) is 9.22. The summed E-state index contributed by atoms with van der Waals surface area (Å²) in [7, 11) is 0. The summed E-state index contributed by atoms with van der Waals surface area (Å²) in [6, 6.07) is 15.8. The molecule has 1 atom stereocenters. The van der Waals surface area contributed by atoms with Crippen molar-refractivity contribution in [1.82, 2.24) is 5.32 Å². The van der Waals surface area contributed by atoms with Gasteiger partial charge in [0.1, 0.15) is 5.54 Å². The molecule has 2 aromatic carbocycles. The minimum Gasteiger partial charge on any atom is -0.336 e. The number of hydrogen-bond donors (Lipinski definition) is 4. The zero-order valence-corrected chi connectivity index (χ0v) is 15.9. The zero-order chi connectivity index (χ0) is 18.4. The Morgan fingerprint density at radius 1 is 0.923 bits per heavy atom. The molecule has 7 heteroatoms. The van der Waals surface area contributed by atoms with E-state index in [-0.39, 0.29) is 30.4 Å². The summed E-state index contributed by atoms with van der Waals surface area (Å²) in [6.45, 7) is 5.44. The summed E-state index contributed by atoms with van der Waals surface area (Å²) in [6.07, 6.45) is 0. The Morgan fingerprint density at radius 3 is 1.92 bits per heavy atom. The van der Waals surface area contributed by atoms with Gasteiger partial charge in [0.15, 0.2) is 0 Å². The number of halogens is 1. The molecule has 2 aromatic rings. The molecule has 26 heavy (non-hydrogen) atoms. The number of nitrogens with two attached hydrogens (primary N) is 1. The molecule has 2 rings (SSSR count). The number of amides is 3. The van der Waals surface area contributed by atoms with Gasteiger partial charge in [0.05, 0.1) is 0 Å². The van der Waals surface area contributed by atoms with E-state index in [0.29, 0.717) is 11.4 Å². The molecule has 0 aliphatic rings. The van der Waals surface area contributed by atoms with Crippen LogP contribution in [0.25, 0.3) is 0 Å². The van der Waals surface area contributed by atoms with Crippen LogP contribution in [-0.4, -0.2) is 18.0 Å². The average molecular weight is 377 g/mol. The molecule has 140 valence electrons. The minimum absolute atomic E-state index is 0. The van der Waals surface area contributed by atoms with Gasteiger partial charge in [-0.2, -0.15) is 0 Å². The monoisotopic (exact) mass is 376 g/mol. The number of hydrogen-bond acceptors (Lipinski definition) is 3. The lowest BCUT2D eigenvalue weighted by Gasteiger charge is -2.24. The first kappa shape index (κ1) is 21.5. The molecule has 0 aliphatic heterocycles. The van der Waals surface area contributed by atoms with E-state index >= 15 is 0 Å². The van der Waals surface area contributed by atoms with Gasteiger partial charge in [-0.1, -0.05) is 30.3 Å². The maximum atomic E-state index is 12.5. The van der Waals surface area contributed by atoms with E-state index in [2.05, 4.69) is 16.0 Å². The van der Waals surface area contributed by atoms with Crippen molar-refractivity contribution in [2.24, 2.45) is 5.73 Å². The Balaban J connectivity index is 0.00000338. The Hall–Kier alpha value is -2.57. The fraction of sp³-hybridized carbons (Fsp3) is 0.263. The smallest absolute Gasteiger partial charge is 0.319 e. The molecule has 3 amide bonds. The summed E-state index contributed by atoms with van der Waals surface area (Å²) < 4.78 is 0. The molecule has 0 fully saturated rings. The molecule has 0 aromatic heterocycles. The number of benzene rings is 2. The molecule has 6 nitrogen and oxygen atoms in total. The fourth-order valence-electron chi connectivity index (χ4n) is 2.24. The van der Waals surface area contributed by atoms with Crippen molar-refractivity contribution in [3.8, 4) is 0 Å². The highest BCUT2D eigenvalue weighted by atomic mass is 35.5. The predicted molar refractivity (Wildman–Crippen MR) is 108 cm³/mol. The first-order valence-corrected chi connectivity index (χ1v) is 8.12. The topological polar surface area (TPSA) is 96.2 Å². The van der Waals surface area contributed by atoms with Gasteiger partial charge in [-0.05, 0) is 50.6 Å². The standard InChI is InChI=1S/C19H24N4O2.ClH/c1-13(2)21-18(25)23-16-11-9-15(10-12-16)22-17(24)19(3,20)14-7-5-4-6-8-14;/h4-13H,20H2,1-3H3,(H,22,24)(H2,21,23,25);1H. The van der Waals surface area contributed by atoms with E-state index in [4.69, 9.17) is 5.73 Å². The quantitative estimate of drug-likeness (QED) is 0.643. The number of urea groups is 1. The van der Waals surface area contributed by atoms with E-state index in [1.165, 1.54) is 0 Å². The third-order valence-corrected chi connectivity index (χ3v) is 3.67. The van der Waals surface area contributed by atoms with Crippen LogP contribution < -0.4 is 21.7 Å². The highest BCUT2D eigenvalue weighted by molar-refractivity contribution is 5.98. The molecule has 0 aliphatic carbocycles. The van der Waals surface area contributed by atoms with Gasteiger partial charge in [-0.3, -0.25) is 4.79 Å². The van der Waals surface area contributed by atoms with Gasteiger partial charge in [0.25, 0.3) is 0 Å². The predicted octanol–water partition coefficient (Wildman–Crippen LogP) is 3.45. The van der Waals surface area contributed by atoms with E-state index in [1.807, 2.05) is 44.2 Å².